The lowest BCUT2D eigenvalue weighted by Crippen LogP contribution is -2.03. The zero-order chi connectivity index (χ0) is 19.2. The highest BCUT2D eigenvalue weighted by Crippen LogP contribution is 2.31. The third-order valence-electron chi connectivity index (χ3n) is 4.12. The summed E-state index contributed by atoms with van der Waals surface area (Å²) in [5.74, 6) is -0.115. The molecule has 134 valence electrons. The van der Waals surface area contributed by atoms with Crippen molar-refractivity contribution in [2.24, 2.45) is 5.11 Å². The van der Waals surface area contributed by atoms with Crippen LogP contribution in [0, 0.1) is 21.1 Å². The molecule has 3 aromatic rings. The number of nitrogens with zero attached hydrogens (tertiary/aromatic N) is 2. The number of hydrogen-bond acceptors (Lipinski definition) is 5. The number of nitrogens with one attached hydrogen (secondary N) is 3. The number of rotatable bonds is 6. The molecule has 0 aliphatic carbocycles. The van der Waals surface area contributed by atoms with Crippen LogP contribution in [0.1, 0.15) is 11.1 Å². The van der Waals surface area contributed by atoms with Crippen molar-refractivity contribution in [2.75, 3.05) is 5.32 Å². The first-order chi connectivity index (χ1) is 13.1. The Morgan fingerprint density at radius 2 is 1.67 bits per heavy atom. The van der Waals surface area contributed by atoms with Gasteiger partial charge in [0.05, 0.1) is 4.92 Å². The maximum absolute atomic E-state index is 11.3. The van der Waals surface area contributed by atoms with Gasteiger partial charge in [-0.2, -0.15) is 0 Å². The van der Waals surface area contributed by atoms with Crippen LogP contribution in [0.15, 0.2) is 77.9 Å². The van der Waals surface area contributed by atoms with E-state index in [-0.39, 0.29) is 11.5 Å². The molecule has 27 heavy (non-hydrogen) atoms. The fourth-order valence-electron chi connectivity index (χ4n) is 2.69. The largest absolute Gasteiger partial charge is 0.375 e. The number of hydrogen-bond donors (Lipinski definition) is 3. The summed E-state index contributed by atoms with van der Waals surface area (Å²) in [6.07, 6.45) is 0. The van der Waals surface area contributed by atoms with Crippen molar-refractivity contribution >= 4 is 17.2 Å². The molecular weight excluding hydrogens is 342 g/mol. The minimum absolute atomic E-state index is 0.0149. The van der Waals surface area contributed by atoms with Crippen LogP contribution < -0.4 is 5.32 Å². The quantitative estimate of drug-likeness (QED) is 0.184. The van der Waals surface area contributed by atoms with Gasteiger partial charge in [0.15, 0.2) is 5.84 Å². The van der Waals surface area contributed by atoms with E-state index in [9.17, 15) is 10.1 Å². The number of benzene rings is 3. The van der Waals surface area contributed by atoms with Crippen LogP contribution in [0.2, 0.25) is 0 Å². The molecule has 0 aromatic heterocycles. The summed E-state index contributed by atoms with van der Waals surface area (Å²) in [4.78, 5) is 10.9. The van der Waals surface area contributed by atoms with Crippen molar-refractivity contribution in [2.45, 2.75) is 6.54 Å². The summed E-state index contributed by atoms with van der Waals surface area (Å²) >= 11 is 0. The van der Waals surface area contributed by atoms with Gasteiger partial charge in [-0.15, -0.1) is 5.11 Å². The van der Waals surface area contributed by atoms with Gasteiger partial charge >= 0.3 is 0 Å². The Labute approximate surface area is 155 Å². The molecule has 0 bridgehead atoms. The fourth-order valence-corrected chi connectivity index (χ4v) is 2.69. The first kappa shape index (κ1) is 17.9. The van der Waals surface area contributed by atoms with Crippen molar-refractivity contribution in [3.05, 3.63) is 94.0 Å². The Bertz CT molecular complexity index is 985. The fraction of sp³-hybridized carbons (Fsp3) is 0.0500. The van der Waals surface area contributed by atoms with Gasteiger partial charge in [0.25, 0.3) is 5.69 Å². The summed E-state index contributed by atoms with van der Waals surface area (Å²) in [5.41, 5.74) is 10.6. The minimum Gasteiger partial charge on any atom is -0.375 e. The summed E-state index contributed by atoms with van der Waals surface area (Å²) in [5, 5.41) is 25.2. The van der Waals surface area contributed by atoms with Crippen molar-refractivity contribution in [1.82, 2.24) is 0 Å². The van der Waals surface area contributed by atoms with E-state index in [1.165, 1.54) is 6.07 Å². The Kier molecular flexibility index (Phi) is 5.32. The SMILES string of the molecule is N=NC(=N)c1ccc(-c2ccc([N+](=O)[O-])c(NCc3ccccc3)c2)cc1. The van der Waals surface area contributed by atoms with Gasteiger partial charge in [0.2, 0.25) is 0 Å². The van der Waals surface area contributed by atoms with Crippen LogP contribution in [0.25, 0.3) is 11.1 Å². The molecule has 3 N–H and O–H groups in total. The number of nitro groups is 1. The molecule has 0 radical (unpaired) electrons. The van der Waals surface area contributed by atoms with E-state index < -0.39 is 4.92 Å². The van der Waals surface area contributed by atoms with Gasteiger partial charge in [0.1, 0.15) is 5.69 Å². The van der Waals surface area contributed by atoms with Gasteiger partial charge in [-0.25, -0.2) is 5.53 Å². The Morgan fingerprint density at radius 1 is 1.00 bits per heavy atom. The highest BCUT2D eigenvalue weighted by molar-refractivity contribution is 5.96. The lowest BCUT2D eigenvalue weighted by molar-refractivity contribution is -0.384. The molecule has 7 nitrogen and oxygen atoms in total. The summed E-state index contributed by atoms with van der Waals surface area (Å²) in [6.45, 7) is 0.478. The van der Waals surface area contributed by atoms with E-state index in [2.05, 4.69) is 10.4 Å². The minimum atomic E-state index is -0.405. The molecule has 3 aromatic carbocycles. The second-order valence-electron chi connectivity index (χ2n) is 5.87. The molecule has 0 aliphatic rings. The molecule has 0 atom stereocenters. The van der Waals surface area contributed by atoms with E-state index in [0.29, 0.717) is 17.8 Å². The molecule has 0 saturated carbocycles. The third-order valence-corrected chi connectivity index (χ3v) is 4.12. The number of anilines is 1. The van der Waals surface area contributed by atoms with Crippen LogP contribution in [0.4, 0.5) is 11.4 Å². The lowest BCUT2D eigenvalue weighted by Gasteiger charge is -2.10. The first-order valence-corrected chi connectivity index (χ1v) is 8.21. The number of amidine groups is 1. The highest BCUT2D eigenvalue weighted by atomic mass is 16.6. The second-order valence-corrected chi connectivity index (χ2v) is 5.87. The molecule has 0 aliphatic heterocycles. The molecule has 0 amide bonds. The molecule has 0 spiro atoms. The predicted molar refractivity (Wildman–Crippen MR) is 104 cm³/mol. The first-order valence-electron chi connectivity index (χ1n) is 8.21. The van der Waals surface area contributed by atoms with Crippen LogP contribution in [0.5, 0.6) is 0 Å². The smallest absolute Gasteiger partial charge is 0.292 e. The topological polar surface area (TPSA) is 115 Å². The van der Waals surface area contributed by atoms with E-state index in [4.69, 9.17) is 10.9 Å². The van der Waals surface area contributed by atoms with Crippen LogP contribution in [0.3, 0.4) is 0 Å². The molecule has 0 heterocycles. The Balaban J connectivity index is 1.89. The number of nitro benzene ring substituents is 1. The summed E-state index contributed by atoms with van der Waals surface area (Å²) in [7, 11) is 0. The molecule has 0 saturated heterocycles. The van der Waals surface area contributed by atoms with Gasteiger partial charge in [-0.1, -0.05) is 54.6 Å². The van der Waals surface area contributed by atoms with E-state index >= 15 is 0 Å². The maximum Gasteiger partial charge on any atom is 0.292 e. The van der Waals surface area contributed by atoms with Crippen LogP contribution >= 0.6 is 0 Å². The van der Waals surface area contributed by atoms with Crippen molar-refractivity contribution < 1.29 is 4.92 Å². The highest BCUT2D eigenvalue weighted by Gasteiger charge is 2.15. The van der Waals surface area contributed by atoms with Crippen molar-refractivity contribution in [3.63, 3.8) is 0 Å². The molecular formula is C20H17N5O2. The normalized spacial score (nSPS) is 10.2. The van der Waals surface area contributed by atoms with E-state index in [0.717, 1.165) is 16.7 Å². The summed E-state index contributed by atoms with van der Waals surface area (Å²) < 4.78 is 0. The average molecular weight is 359 g/mol. The molecule has 3 rings (SSSR count). The average Bonchev–Trinajstić information content (AvgIpc) is 2.72. The van der Waals surface area contributed by atoms with Crippen molar-refractivity contribution in [3.8, 4) is 11.1 Å². The zero-order valence-corrected chi connectivity index (χ0v) is 14.3. The Hall–Kier alpha value is -3.87. The zero-order valence-electron chi connectivity index (χ0n) is 14.3. The summed E-state index contributed by atoms with van der Waals surface area (Å²) in [6, 6.07) is 21.6. The third kappa shape index (κ3) is 4.21. The maximum atomic E-state index is 11.3. The molecule has 0 fully saturated rings. The van der Waals surface area contributed by atoms with E-state index in [1.807, 2.05) is 30.3 Å². The van der Waals surface area contributed by atoms with Crippen LogP contribution in [-0.2, 0) is 6.54 Å². The monoisotopic (exact) mass is 359 g/mol. The molecule has 0 unspecified atom stereocenters. The van der Waals surface area contributed by atoms with Gasteiger partial charge in [-0.3, -0.25) is 15.5 Å². The van der Waals surface area contributed by atoms with Gasteiger partial charge in [-0.05, 0) is 28.8 Å². The Morgan fingerprint density at radius 3 is 2.30 bits per heavy atom. The predicted octanol–water partition coefficient (Wildman–Crippen LogP) is 5.23. The van der Waals surface area contributed by atoms with Gasteiger partial charge < -0.3 is 5.32 Å². The van der Waals surface area contributed by atoms with Crippen molar-refractivity contribution in [1.29, 1.82) is 10.9 Å². The van der Waals surface area contributed by atoms with E-state index in [1.54, 1.807) is 36.4 Å². The van der Waals surface area contributed by atoms with Gasteiger partial charge in [0, 0.05) is 18.2 Å². The second kappa shape index (κ2) is 8.01. The van der Waals surface area contributed by atoms with Crippen LogP contribution in [-0.4, -0.2) is 10.8 Å². The lowest BCUT2D eigenvalue weighted by atomic mass is 10.0. The molecule has 7 heteroatoms. The standard InChI is InChI=1S/C20H17N5O2/c21-20(24-22)16-8-6-15(7-9-16)17-10-11-19(25(26)27)18(12-17)23-13-14-4-2-1-3-5-14/h1-12,21-23H,13H2.